The zero-order chi connectivity index (χ0) is 13.0. The summed E-state index contributed by atoms with van der Waals surface area (Å²) in [6.45, 7) is 3.22. The van der Waals surface area contributed by atoms with Crippen LogP contribution in [-0.4, -0.2) is 22.6 Å². The lowest BCUT2D eigenvalue weighted by molar-refractivity contribution is 0.0660. The second-order valence-corrected chi connectivity index (χ2v) is 4.93. The molecule has 0 aromatic carbocycles. The number of carbonyl (C=O) groups is 1. The Morgan fingerprint density at radius 1 is 1.61 bits per heavy atom. The van der Waals surface area contributed by atoms with Crippen molar-refractivity contribution in [2.45, 2.75) is 19.9 Å². The van der Waals surface area contributed by atoms with Crippen LogP contribution in [0.15, 0.2) is 22.1 Å². The maximum atomic E-state index is 10.8. The molecule has 96 valence electrons. The minimum absolute atomic E-state index is 0.00648. The van der Waals surface area contributed by atoms with Gasteiger partial charge in [0.05, 0.1) is 17.0 Å². The molecular weight excluding hydrogens is 252 g/mol. The number of carboxylic acids is 1. The van der Waals surface area contributed by atoms with E-state index in [1.54, 1.807) is 17.4 Å². The number of carboxylic acid groups (broad SMARTS) is 1. The molecule has 0 unspecified atom stereocenters. The van der Waals surface area contributed by atoms with Gasteiger partial charge in [0.25, 0.3) is 0 Å². The van der Waals surface area contributed by atoms with Gasteiger partial charge in [-0.25, -0.2) is 9.78 Å². The van der Waals surface area contributed by atoms with Gasteiger partial charge >= 0.3 is 5.97 Å². The van der Waals surface area contributed by atoms with Crippen molar-refractivity contribution in [2.75, 3.05) is 6.54 Å². The van der Waals surface area contributed by atoms with Gasteiger partial charge in [0.15, 0.2) is 0 Å². The van der Waals surface area contributed by atoms with E-state index in [1.807, 2.05) is 12.3 Å². The Balaban J connectivity index is 1.78. The smallest absolute Gasteiger partial charge is 0.372 e. The van der Waals surface area contributed by atoms with Gasteiger partial charge in [0.1, 0.15) is 0 Å². The Hall–Kier alpha value is -1.66. The van der Waals surface area contributed by atoms with Crippen LogP contribution in [0.1, 0.15) is 26.8 Å². The van der Waals surface area contributed by atoms with Crippen molar-refractivity contribution in [1.29, 1.82) is 0 Å². The first-order valence-electron chi connectivity index (χ1n) is 5.58. The van der Waals surface area contributed by atoms with Crippen LogP contribution < -0.4 is 5.32 Å². The fourth-order valence-corrected chi connectivity index (χ4v) is 2.27. The highest BCUT2D eigenvalue weighted by molar-refractivity contribution is 7.09. The molecule has 0 radical (unpaired) electrons. The van der Waals surface area contributed by atoms with E-state index in [2.05, 4.69) is 10.3 Å². The topological polar surface area (TPSA) is 75.4 Å². The summed E-state index contributed by atoms with van der Waals surface area (Å²) in [5, 5.41) is 15.1. The number of hydrogen-bond donors (Lipinski definition) is 2. The van der Waals surface area contributed by atoms with Crippen molar-refractivity contribution < 1.29 is 14.3 Å². The molecule has 2 heterocycles. The van der Waals surface area contributed by atoms with E-state index in [0.29, 0.717) is 12.1 Å². The minimum atomic E-state index is -1.04. The fraction of sp³-hybridized carbons (Fsp3) is 0.333. The highest BCUT2D eigenvalue weighted by Crippen LogP contribution is 2.10. The van der Waals surface area contributed by atoms with Crippen LogP contribution in [0.5, 0.6) is 0 Å². The molecule has 0 spiro atoms. The predicted octanol–water partition coefficient (Wildman–Crippen LogP) is 2.08. The first-order chi connectivity index (χ1) is 8.66. The Morgan fingerprint density at radius 2 is 2.44 bits per heavy atom. The molecule has 0 atom stereocenters. The van der Waals surface area contributed by atoms with Crippen LogP contribution in [0.25, 0.3) is 0 Å². The summed E-state index contributed by atoms with van der Waals surface area (Å²) in [7, 11) is 0. The van der Waals surface area contributed by atoms with Crippen molar-refractivity contribution in [3.8, 4) is 0 Å². The van der Waals surface area contributed by atoms with Gasteiger partial charge in [0, 0.05) is 30.5 Å². The summed E-state index contributed by atoms with van der Waals surface area (Å²) in [5.41, 5.74) is 1.73. The number of nitrogens with one attached hydrogen (secondary N) is 1. The summed E-state index contributed by atoms with van der Waals surface area (Å²) in [4.78, 5) is 15.2. The van der Waals surface area contributed by atoms with Gasteiger partial charge in [-0.1, -0.05) is 0 Å². The number of nitrogens with zero attached hydrogens (tertiary/aromatic N) is 1. The van der Waals surface area contributed by atoms with Gasteiger partial charge in [-0.2, -0.15) is 0 Å². The van der Waals surface area contributed by atoms with Gasteiger partial charge in [0.2, 0.25) is 5.76 Å². The molecule has 2 rings (SSSR count). The summed E-state index contributed by atoms with van der Waals surface area (Å²) >= 11 is 1.63. The summed E-state index contributed by atoms with van der Waals surface area (Å²) < 4.78 is 4.89. The van der Waals surface area contributed by atoms with Crippen molar-refractivity contribution in [3.63, 3.8) is 0 Å². The monoisotopic (exact) mass is 266 g/mol. The lowest BCUT2D eigenvalue weighted by Crippen LogP contribution is -2.18. The van der Waals surface area contributed by atoms with Gasteiger partial charge < -0.3 is 14.8 Å². The molecule has 5 nitrogen and oxygen atoms in total. The lowest BCUT2D eigenvalue weighted by Gasteiger charge is -2.02. The first-order valence-corrected chi connectivity index (χ1v) is 6.46. The molecule has 0 fully saturated rings. The number of hydrogen-bond acceptors (Lipinski definition) is 5. The fourth-order valence-electron chi connectivity index (χ4n) is 1.63. The summed E-state index contributed by atoms with van der Waals surface area (Å²) in [6, 6.07) is 1.67. The van der Waals surface area contributed by atoms with E-state index in [4.69, 9.17) is 9.52 Å². The van der Waals surface area contributed by atoms with Gasteiger partial charge in [-0.15, -0.1) is 11.3 Å². The third-order valence-corrected chi connectivity index (χ3v) is 3.30. The number of aryl methyl sites for hydroxylation is 1. The molecule has 2 aromatic rings. The Labute approximate surface area is 108 Å². The second-order valence-electron chi connectivity index (χ2n) is 3.86. The van der Waals surface area contributed by atoms with E-state index in [0.717, 1.165) is 23.7 Å². The zero-order valence-electron chi connectivity index (χ0n) is 9.97. The summed E-state index contributed by atoms with van der Waals surface area (Å²) in [6.07, 6.45) is 2.23. The highest BCUT2D eigenvalue weighted by Gasteiger charge is 2.12. The molecular formula is C12H14N2O3S. The molecule has 0 bridgehead atoms. The Kier molecular flexibility index (Phi) is 4.11. The zero-order valence-corrected chi connectivity index (χ0v) is 10.8. The largest absolute Gasteiger partial charge is 0.475 e. The van der Waals surface area contributed by atoms with Crippen LogP contribution in [0.3, 0.4) is 0 Å². The number of aromatic nitrogens is 1. The predicted molar refractivity (Wildman–Crippen MR) is 67.9 cm³/mol. The van der Waals surface area contributed by atoms with E-state index >= 15 is 0 Å². The van der Waals surface area contributed by atoms with Crippen molar-refractivity contribution in [3.05, 3.63) is 39.7 Å². The SMILES string of the molecule is Cc1nc(CCNCc2ccoc2C(=O)O)cs1. The molecule has 0 aliphatic carbocycles. The van der Waals surface area contributed by atoms with Crippen LogP contribution in [0.4, 0.5) is 0 Å². The number of thiazole rings is 1. The van der Waals surface area contributed by atoms with Gasteiger partial charge in [-0.3, -0.25) is 0 Å². The van der Waals surface area contributed by atoms with E-state index in [9.17, 15) is 4.79 Å². The first kappa shape index (κ1) is 12.8. The molecule has 0 amide bonds. The molecule has 2 aromatic heterocycles. The Morgan fingerprint density at radius 3 is 3.11 bits per heavy atom. The summed E-state index contributed by atoms with van der Waals surface area (Å²) in [5.74, 6) is -1.03. The molecule has 18 heavy (non-hydrogen) atoms. The van der Waals surface area contributed by atoms with Crippen LogP contribution >= 0.6 is 11.3 Å². The average Bonchev–Trinajstić information content (AvgIpc) is 2.93. The Bertz CT molecular complexity index is 533. The standard InChI is InChI=1S/C12H14N2O3S/c1-8-14-10(7-18-8)2-4-13-6-9-3-5-17-11(9)12(15)16/h3,5,7,13H,2,4,6H2,1H3,(H,15,16). The number of rotatable bonds is 6. The van der Waals surface area contributed by atoms with Crippen molar-refractivity contribution in [2.24, 2.45) is 0 Å². The molecule has 2 N–H and O–H groups in total. The van der Waals surface area contributed by atoms with Crippen LogP contribution in [0, 0.1) is 6.92 Å². The molecule has 0 saturated heterocycles. The third-order valence-electron chi connectivity index (χ3n) is 2.48. The van der Waals surface area contributed by atoms with E-state index < -0.39 is 5.97 Å². The van der Waals surface area contributed by atoms with Crippen LogP contribution in [-0.2, 0) is 13.0 Å². The van der Waals surface area contributed by atoms with Crippen LogP contribution in [0.2, 0.25) is 0 Å². The molecule has 0 aliphatic heterocycles. The number of aromatic carboxylic acids is 1. The maximum Gasteiger partial charge on any atom is 0.372 e. The average molecular weight is 266 g/mol. The van der Waals surface area contributed by atoms with Crippen molar-refractivity contribution in [1.82, 2.24) is 10.3 Å². The quantitative estimate of drug-likeness (QED) is 0.783. The normalized spacial score (nSPS) is 10.7. The highest BCUT2D eigenvalue weighted by atomic mass is 32.1. The molecule has 6 heteroatoms. The van der Waals surface area contributed by atoms with Gasteiger partial charge in [-0.05, 0) is 13.0 Å². The minimum Gasteiger partial charge on any atom is -0.475 e. The molecule has 0 saturated carbocycles. The van der Waals surface area contributed by atoms with E-state index in [1.165, 1.54) is 6.26 Å². The maximum absolute atomic E-state index is 10.8. The van der Waals surface area contributed by atoms with Crippen molar-refractivity contribution >= 4 is 17.3 Å². The second kappa shape index (κ2) is 5.79. The van der Waals surface area contributed by atoms with E-state index in [-0.39, 0.29) is 5.76 Å². The molecule has 0 aliphatic rings. The number of furan rings is 1. The lowest BCUT2D eigenvalue weighted by atomic mass is 10.2. The third kappa shape index (κ3) is 3.18.